The van der Waals surface area contributed by atoms with E-state index >= 15 is 0 Å². The maximum absolute atomic E-state index is 13.1. The lowest BCUT2D eigenvalue weighted by atomic mass is 10.1. The Bertz CT molecular complexity index is 975. The SMILES string of the molecule is CCN(Cc1ccccc1)C(=O)c1cc(S(=O)(=O)NC2CCCC2)c(Cl)cc1Cl. The van der Waals surface area contributed by atoms with Crippen LogP contribution < -0.4 is 4.72 Å². The zero-order chi connectivity index (χ0) is 21.0. The third-order valence-electron chi connectivity index (χ3n) is 5.10. The lowest BCUT2D eigenvalue weighted by Crippen LogP contribution is -2.33. The van der Waals surface area contributed by atoms with E-state index in [4.69, 9.17) is 23.2 Å². The Balaban J connectivity index is 1.90. The highest BCUT2D eigenvalue weighted by atomic mass is 35.5. The van der Waals surface area contributed by atoms with Crippen molar-refractivity contribution in [1.29, 1.82) is 0 Å². The van der Waals surface area contributed by atoms with Gasteiger partial charge in [-0.1, -0.05) is 66.4 Å². The molecule has 1 aliphatic carbocycles. The maximum atomic E-state index is 13.1. The first-order chi connectivity index (χ1) is 13.8. The van der Waals surface area contributed by atoms with Gasteiger partial charge in [0.1, 0.15) is 4.90 Å². The second kappa shape index (κ2) is 9.47. The van der Waals surface area contributed by atoms with Gasteiger partial charge in [0.2, 0.25) is 10.0 Å². The van der Waals surface area contributed by atoms with Crippen LogP contribution in [-0.2, 0) is 16.6 Å². The van der Waals surface area contributed by atoms with Gasteiger partial charge in [-0.3, -0.25) is 4.79 Å². The van der Waals surface area contributed by atoms with Crippen molar-refractivity contribution in [2.24, 2.45) is 0 Å². The predicted molar refractivity (Wildman–Crippen MR) is 116 cm³/mol. The van der Waals surface area contributed by atoms with Gasteiger partial charge in [-0.2, -0.15) is 0 Å². The molecule has 1 fully saturated rings. The summed E-state index contributed by atoms with van der Waals surface area (Å²) in [6.07, 6.45) is 3.60. The van der Waals surface area contributed by atoms with Crippen molar-refractivity contribution in [2.75, 3.05) is 6.54 Å². The Kier molecular flexibility index (Phi) is 7.22. The van der Waals surface area contributed by atoms with Crippen molar-refractivity contribution < 1.29 is 13.2 Å². The van der Waals surface area contributed by atoms with Crippen molar-refractivity contribution in [1.82, 2.24) is 9.62 Å². The number of sulfonamides is 1. The van der Waals surface area contributed by atoms with Crippen LogP contribution in [0.25, 0.3) is 0 Å². The second-order valence-corrected chi connectivity index (χ2v) is 9.67. The van der Waals surface area contributed by atoms with Crippen molar-refractivity contribution in [3.05, 3.63) is 63.6 Å². The number of nitrogens with one attached hydrogen (secondary N) is 1. The Morgan fingerprint density at radius 2 is 1.76 bits per heavy atom. The minimum absolute atomic E-state index is 0.00292. The molecule has 3 rings (SSSR count). The number of hydrogen-bond acceptors (Lipinski definition) is 3. The van der Waals surface area contributed by atoms with Gasteiger partial charge in [0, 0.05) is 19.1 Å². The van der Waals surface area contributed by atoms with Gasteiger partial charge in [-0.25, -0.2) is 13.1 Å². The van der Waals surface area contributed by atoms with Crippen LogP contribution in [0.1, 0.15) is 48.5 Å². The van der Waals surface area contributed by atoms with E-state index in [1.54, 1.807) is 4.90 Å². The summed E-state index contributed by atoms with van der Waals surface area (Å²) in [6, 6.07) is 12.1. The lowest BCUT2D eigenvalue weighted by Gasteiger charge is -2.22. The number of amides is 1. The monoisotopic (exact) mass is 454 g/mol. The number of hydrogen-bond donors (Lipinski definition) is 1. The molecule has 1 saturated carbocycles. The van der Waals surface area contributed by atoms with Crippen LogP contribution >= 0.6 is 23.2 Å². The number of carbonyl (C=O) groups is 1. The molecule has 0 radical (unpaired) electrons. The van der Waals surface area contributed by atoms with E-state index in [0.717, 1.165) is 31.2 Å². The van der Waals surface area contributed by atoms with E-state index in [1.807, 2.05) is 37.3 Å². The fourth-order valence-electron chi connectivity index (χ4n) is 3.53. The molecule has 1 aliphatic rings. The van der Waals surface area contributed by atoms with Gasteiger partial charge in [-0.05, 0) is 37.5 Å². The van der Waals surface area contributed by atoms with Crippen LogP contribution in [0.15, 0.2) is 47.4 Å². The van der Waals surface area contributed by atoms with Crippen molar-refractivity contribution in [3.63, 3.8) is 0 Å². The Morgan fingerprint density at radius 3 is 2.38 bits per heavy atom. The van der Waals surface area contributed by atoms with Crippen LogP contribution in [-0.4, -0.2) is 31.8 Å². The number of rotatable bonds is 7. The fourth-order valence-corrected chi connectivity index (χ4v) is 5.69. The molecule has 0 spiro atoms. The summed E-state index contributed by atoms with van der Waals surface area (Å²) >= 11 is 12.5. The van der Waals surface area contributed by atoms with Crippen LogP contribution in [0, 0.1) is 0 Å². The van der Waals surface area contributed by atoms with Crippen LogP contribution in [0.5, 0.6) is 0 Å². The van der Waals surface area contributed by atoms with Gasteiger partial charge in [0.15, 0.2) is 0 Å². The molecule has 2 aromatic carbocycles. The van der Waals surface area contributed by atoms with Gasteiger partial charge < -0.3 is 4.90 Å². The molecule has 0 aliphatic heterocycles. The van der Waals surface area contributed by atoms with E-state index in [0.29, 0.717) is 13.1 Å². The average molecular weight is 455 g/mol. The number of benzene rings is 2. The topological polar surface area (TPSA) is 66.5 Å². The summed E-state index contributed by atoms with van der Waals surface area (Å²) in [6.45, 7) is 2.72. The van der Waals surface area contributed by atoms with E-state index in [2.05, 4.69) is 4.72 Å². The van der Waals surface area contributed by atoms with Crippen molar-refractivity contribution >= 4 is 39.1 Å². The van der Waals surface area contributed by atoms with Gasteiger partial charge in [0.05, 0.1) is 15.6 Å². The Labute approximate surface area is 182 Å². The van der Waals surface area contributed by atoms with Crippen molar-refractivity contribution in [3.8, 4) is 0 Å². The van der Waals surface area contributed by atoms with E-state index in [-0.39, 0.29) is 32.5 Å². The standard InChI is InChI=1S/C21H24Cl2N2O3S/c1-2-25(14-15-8-4-3-5-9-15)21(26)17-12-20(19(23)13-18(17)22)29(27,28)24-16-10-6-7-11-16/h3-5,8-9,12-13,16,24H,2,6-7,10-11,14H2,1H3. The molecule has 0 atom stereocenters. The van der Waals surface area contributed by atoms with Crippen LogP contribution in [0.4, 0.5) is 0 Å². The average Bonchev–Trinajstić information content (AvgIpc) is 3.18. The van der Waals surface area contributed by atoms with Crippen LogP contribution in [0.2, 0.25) is 10.0 Å². The minimum atomic E-state index is -3.85. The van der Waals surface area contributed by atoms with Gasteiger partial charge in [0.25, 0.3) is 5.91 Å². The van der Waals surface area contributed by atoms with Gasteiger partial charge in [-0.15, -0.1) is 0 Å². The summed E-state index contributed by atoms with van der Waals surface area (Å²) in [5.74, 6) is -0.338. The fraction of sp³-hybridized carbons (Fsp3) is 0.381. The predicted octanol–water partition coefficient (Wildman–Crippen LogP) is 4.88. The second-order valence-electron chi connectivity index (χ2n) is 7.17. The molecule has 0 unspecified atom stereocenters. The molecular weight excluding hydrogens is 431 g/mol. The molecular formula is C21H24Cl2N2O3S. The summed E-state index contributed by atoms with van der Waals surface area (Å²) in [4.78, 5) is 14.6. The normalized spacial score (nSPS) is 14.9. The highest BCUT2D eigenvalue weighted by molar-refractivity contribution is 7.89. The Morgan fingerprint density at radius 1 is 1.10 bits per heavy atom. The molecule has 0 bridgehead atoms. The summed E-state index contributed by atoms with van der Waals surface area (Å²) in [5, 5.41) is 0.134. The molecule has 0 heterocycles. The molecule has 0 saturated heterocycles. The largest absolute Gasteiger partial charge is 0.335 e. The van der Waals surface area contributed by atoms with E-state index < -0.39 is 10.0 Å². The Hall–Kier alpha value is -1.60. The molecule has 8 heteroatoms. The zero-order valence-corrected chi connectivity index (χ0v) is 18.5. The van der Waals surface area contributed by atoms with Crippen LogP contribution in [0.3, 0.4) is 0 Å². The highest BCUT2D eigenvalue weighted by Gasteiger charge is 2.28. The summed E-state index contributed by atoms with van der Waals surface area (Å²) in [5.41, 5.74) is 1.10. The minimum Gasteiger partial charge on any atom is -0.335 e. The number of nitrogens with zero attached hydrogens (tertiary/aromatic N) is 1. The zero-order valence-electron chi connectivity index (χ0n) is 16.2. The number of carbonyl (C=O) groups excluding carboxylic acids is 1. The molecule has 1 amide bonds. The first kappa shape index (κ1) is 22.1. The molecule has 1 N–H and O–H groups in total. The van der Waals surface area contributed by atoms with E-state index in [9.17, 15) is 13.2 Å². The first-order valence-corrected chi connectivity index (χ1v) is 11.9. The molecule has 0 aromatic heterocycles. The third kappa shape index (κ3) is 5.31. The lowest BCUT2D eigenvalue weighted by molar-refractivity contribution is 0.0752. The quantitative estimate of drug-likeness (QED) is 0.648. The molecule has 156 valence electrons. The summed E-state index contributed by atoms with van der Waals surface area (Å²) < 4.78 is 28.4. The molecule has 5 nitrogen and oxygen atoms in total. The van der Waals surface area contributed by atoms with E-state index in [1.165, 1.54) is 12.1 Å². The van der Waals surface area contributed by atoms with Gasteiger partial charge >= 0.3 is 0 Å². The maximum Gasteiger partial charge on any atom is 0.255 e. The highest BCUT2D eigenvalue weighted by Crippen LogP contribution is 2.31. The molecule has 2 aromatic rings. The summed E-state index contributed by atoms with van der Waals surface area (Å²) in [7, 11) is -3.85. The first-order valence-electron chi connectivity index (χ1n) is 9.66. The molecule has 29 heavy (non-hydrogen) atoms. The number of halogens is 2. The third-order valence-corrected chi connectivity index (χ3v) is 7.40. The smallest absolute Gasteiger partial charge is 0.255 e. The van der Waals surface area contributed by atoms with Crippen molar-refractivity contribution in [2.45, 2.75) is 50.1 Å².